The molecule has 172 valence electrons. The molecule has 0 amide bonds. The SMILES string of the molecule is Cc1ncc(-c2ccc(OCCC3COC3)nc2)c(N2CCC(C)(C)CC2)c1CC(=O)O. The predicted molar refractivity (Wildman–Crippen MR) is 123 cm³/mol. The number of carboxylic acids is 1. The lowest BCUT2D eigenvalue weighted by atomic mass is 9.82. The van der Waals surface area contributed by atoms with Crippen LogP contribution in [0, 0.1) is 18.3 Å². The molecule has 7 heteroatoms. The highest BCUT2D eigenvalue weighted by Crippen LogP contribution is 2.39. The quantitative estimate of drug-likeness (QED) is 0.662. The molecule has 2 aromatic heterocycles. The molecule has 0 bridgehead atoms. The minimum Gasteiger partial charge on any atom is -0.481 e. The van der Waals surface area contributed by atoms with Gasteiger partial charge in [0.2, 0.25) is 5.88 Å². The summed E-state index contributed by atoms with van der Waals surface area (Å²) in [5.41, 5.74) is 4.69. The normalized spacial score (nSPS) is 18.3. The summed E-state index contributed by atoms with van der Waals surface area (Å²) >= 11 is 0. The van der Waals surface area contributed by atoms with Crippen molar-refractivity contribution in [2.45, 2.75) is 46.5 Å². The van der Waals surface area contributed by atoms with Crippen LogP contribution in [0.4, 0.5) is 5.69 Å². The molecule has 0 aliphatic carbocycles. The highest BCUT2D eigenvalue weighted by atomic mass is 16.5. The Labute approximate surface area is 189 Å². The summed E-state index contributed by atoms with van der Waals surface area (Å²) in [7, 11) is 0. The Kier molecular flexibility index (Phi) is 6.65. The molecule has 1 N–H and O–H groups in total. The van der Waals surface area contributed by atoms with Crippen LogP contribution in [-0.2, 0) is 16.0 Å². The van der Waals surface area contributed by atoms with Crippen LogP contribution in [0.3, 0.4) is 0 Å². The molecule has 4 rings (SSSR count). The monoisotopic (exact) mass is 439 g/mol. The molecule has 32 heavy (non-hydrogen) atoms. The van der Waals surface area contributed by atoms with Crippen molar-refractivity contribution >= 4 is 11.7 Å². The van der Waals surface area contributed by atoms with E-state index in [2.05, 4.69) is 28.7 Å². The Balaban J connectivity index is 1.60. The molecule has 0 radical (unpaired) electrons. The molecule has 0 aromatic carbocycles. The lowest BCUT2D eigenvalue weighted by Crippen LogP contribution is -2.38. The second-order valence-corrected chi connectivity index (χ2v) is 9.73. The first kappa shape index (κ1) is 22.5. The van der Waals surface area contributed by atoms with Crippen LogP contribution in [0.1, 0.15) is 44.4 Å². The first-order valence-electron chi connectivity index (χ1n) is 11.4. The molecular formula is C25H33N3O4. The Morgan fingerprint density at radius 2 is 1.97 bits per heavy atom. The van der Waals surface area contributed by atoms with Gasteiger partial charge in [-0.1, -0.05) is 13.8 Å². The number of ether oxygens (including phenoxy) is 2. The Morgan fingerprint density at radius 3 is 2.56 bits per heavy atom. The van der Waals surface area contributed by atoms with E-state index in [1.165, 1.54) is 0 Å². The van der Waals surface area contributed by atoms with Crippen molar-refractivity contribution in [2.75, 3.05) is 37.8 Å². The third-order valence-corrected chi connectivity index (χ3v) is 6.66. The molecule has 0 spiro atoms. The Morgan fingerprint density at radius 1 is 1.22 bits per heavy atom. The fourth-order valence-electron chi connectivity index (χ4n) is 4.31. The number of piperidine rings is 1. The van der Waals surface area contributed by atoms with Crippen molar-refractivity contribution in [2.24, 2.45) is 11.3 Å². The van der Waals surface area contributed by atoms with E-state index in [1.54, 1.807) is 6.20 Å². The van der Waals surface area contributed by atoms with Gasteiger partial charge in [-0.2, -0.15) is 0 Å². The molecule has 0 unspecified atom stereocenters. The van der Waals surface area contributed by atoms with Crippen molar-refractivity contribution in [1.82, 2.24) is 9.97 Å². The first-order chi connectivity index (χ1) is 15.3. The topological polar surface area (TPSA) is 84.8 Å². The van der Waals surface area contributed by atoms with E-state index >= 15 is 0 Å². The zero-order valence-corrected chi connectivity index (χ0v) is 19.3. The standard InChI is InChI=1S/C25H33N3O4/c1-17-20(12-23(29)30)24(28-9-7-25(2,3)8-10-28)21(14-26-17)19-4-5-22(27-13-19)32-11-6-18-15-31-16-18/h4-5,13-14,18H,6-12,15-16H2,1-3H3,(H,29,30). The van der Waals surface area contributed by atoms with Crippen LogP contribution in [0.25, 0.3) is 11.1 Å². The maximum absolute atomic E-state index is 11.6. The third kappa shape index (κ3) is 5.21. The van der Waals surface area contributed by atoms with E-state index in [1.807, 2.05) is 25.3 Å². The van der Waals surface area contributed by atoms with E-state index in [4.69, 9.17) is 9.47 Å². The lowest BCUT2D eigenvalue weighted by molar-refractivity contribution is -0.136. The fraction of sp³-hybridized carbons (Fsp3) is 0.560. The number of hydrogen-bond acceptors (Lipinski definition) is 6. The smallest absolute Gasteiger partial charge is 0.307 e. The summed E-state index contributed by atoms with van der Waals surface area (Å²) in [6.45, 7) is 10.6. The van der Waals surface area contributed by atoms with Crippen molar-refractivity contribution < 1.29 is 19.4 Å². The van der Waals surface area contributed by atoms with Gasteiger partial charge in [0.05, 0.1) is 31.9 Å². The van der Waals surface area contributed by atoms with Crippen molar-refractivity contribution in [3.63, 3.8) is 0 Å². The van der Waals surface area contributed by atoms with Gasteiger partial charge in [0.15, 0.2) is 0 Å². The van der Waals surface area contributed by atoms with E-state index in [-0.39, 0.29) is 6.42 Å². The summed E-state index contributed by atoms with van der Waals surface area (Å²) in [5.74, 6) is 0.350. The van der Waals surface area contributed by atoms with Crippen LogP contribution in [0.5, 0.6) is 5.88 Å². The average molecular weight is 440 g/mol. The maximum atomic E-state index is 11.6. The van der Waals surface area contributed by atoms with Crippen LogP contribution in [-0.4, -0.2) is 54.0 Å². The number of aliphatic carboxylic acids is 1. The Hall–Kier alpha value is -2.67. The maximum Gasteiger partial charge on any atom is 0.307 e. The Bertz CT molecular complexity index is 944. The highest BCUT2D eigenvalue weighted by Gasteiger charge is 2.29. The number of carbonyl (C=O) groups is 1. The molecule has 0 atom stereocenters. The van der Waals surface area contributed by atoms with E-state index in [9.17, 15) is 9.90 Å². The molecule has 2 fully saturated rings. The van der Waals surface area contributed by atoms with Gasteiger partial charge in [-0.05, 0) is 37.7 Å². The van der Waals surface area contributed by atoms with Crippen LogP contribution >= 0.6 is 0 Å². The lowest BCUT2D eigenvalue weighted by Gasteiger charge is -2.40. The van der Waals surface area contributed by atoms with Gasteiger partial charge in [0.1, 0.15) is 0 Å². The van der Waals surface area contributed by atoms with Crippen LogP contribution < -0.4 is 9.64 Å². The van der Waals surface area contributed by atoms with Gasteiger partial charge >= 0.3 is 5.97 Å². The first-order valence-corrected chi connectivity index (χ1v) is 11.4. The predicted octanol–water partition coefficient (Wildman–Crippen LogP) is 4.12. The van der Waals surface area contributed by atoms with Gasteiger partial charge in [-0.25, -0.2) is 4.98 Å². The molecule has 2 aromatic rings. The summed E-state index contributed by atoms with van der Waals surface area (Å²) in [6, 6.07) is 3.87. The minimum atomic E-state index is -0.843. The van der Waals surface area contributed by atoms with E-state index in [0.717, 1.165) is 73.6 Å². The van der Waals surface area contributed by atoms with E-state index < -0.39 is 5.97 Å². The van der Waals surface area contributed by atoms with Gasteiger partial charge in [-0.3, -0.25) is 9.78 Å². The molecule has 4 heterocycles. The van der Waals surface area contributed by atoms with Crippen molar-refractivity contribution in [3.05, 3.63) is 35.8 Å². The number of anilines is 1. The van der Waals surface area contributed by atoms with Crippen molar-refractivity contribution in [3.8, 4) is 17.0 Å². The van der Waals surface area contributed by atoms with Gasteiger partial charge < -0.3 is 19.5 Å². The minimum absolute atomic E-state index is 0.0403. The third-order valence-electron chi connectivity index (χ3n) is 6.66. The fourth-order valence-corrected chi connectivity index (χ4v) is 4.31. The second-order valence-electron chi connectivity index (χ2n) is 9.73. The molecule has 2 aliphatic heterocycles. The zero-order chi connectivity index (χ0) is 22.7. The molecule has 2 aliphatic rings. The summed E-state index contributed by atoms with van der Waals surface area (Å²) in [4.78, 5) is 23.0. The van der Waals surface area contributed by atoms with Crippen molar-refractivity contribution in [1.29, 1.82) is 0 Å². The summed E-state index contributed by atoms with van der Waals surface area (Å²) < 4.78 is 11.0. The average Bonchev–Trinajstić information content (AvgIpc) is 2.72. The van der Waals surface area contributed by atoms with E-state index in [0.29, 0.717) is 23.8 Å². The highest BCUT2D eigenvalue weighted by molar-refractivity contribution is 5.84. The molecule has 2 saturated heterocycles. The van der Waals surface area contributed by atoms with Crippen LogP contribution in [0.2, 0.25) is 0 Å². The molecular weight excluding hydrogens is 406 g/mol. The number of rotatable bonds is 8. The summed E-state index contributed by atoms with van der Waals surface area (Å²) in [5, 5.41) is 9.56. The zero-order valence-electron chi connectivity index (χ0n) is 19.3. The number of pyridine rings is 2. The largest absolute Gasteiger partial charge is 0.481 e. The van der Waals surface area contributed by atoms with Crippen LogP contribution in [0.15, 0.2) is 24.5 Å². The van der Waals surface area contributed by atoms with Gasteiger partial charge in [-0.15, -0.1) is 0 Å². The van der Waals surface area contributed by atoms with Gasteiger partial charge in [0, 0.05) is 59.9 Å². The number of aryl methyl sites for hydroxylation is 1. The molecule has 0 saturated carbocycles. The number of aromatic nitrogens is 2. The number of nitrogens with zero attached hydrogens (tertiary/aromatic N) is 3. The number of carboxylic acid groups (broad SMARTS) is 1. The molecule has 7 nitrogen and oxygen atoms in total. The summed E-state index contributed by atoms with van der Waals surface area (Å²) in [6.07, 6.45) is 6.72. The second kappa shape index (κ2) is 9.45. The van der Waals surface area contributed by atoms with Gasteiger partial charge in [0.25, 0.3) is 0 Å². The number of hydrogen-bond donors (Lipinski definition) is 1.